The molecule has 8 rings (SSSR count). The van der Waals surface area contributed by atoms with Gasteiger partial charge < -0.3 is 45.0 Å². The van der Waals surface area contributed by atoms with Crippen molar-refractivity contribution in [1.82, 2.24) is 44.5 Å². The lowest BCUT2D eigenvalue weighted by Crippen LogP contribution is -2.70. The summed E-state index contributed by atoms with van der Waals surface area (Å²) in [5, 5.41) is 47.6. The number of hydrogen-bond donors (Lipinski definition) is 5. The summed E-state index contributed by atoms with van der Waals surface area (Å²) in [6, 6.07) is 13.6. The maximum absolute atomic E-state index is 14.5. The summed E-state index contributed by atoms with van der Waals surface area (Å²) >= 11 is 0. The minimum Gasteiger partial charge on any atom is -0.496 e. The summed E-state index contributed by atoms with van der Waals surface area (Å²) in [6.45, 7) is 8.49. The molecule has 4 bridgehead atoms. The number of likely N-dealkylation sites (N-methyl/N-ethyl adjacent to an activating group) is 1. The van der Waals surface area contributed by atoms with Crippen LogP contribution in [0, 0.1) is 23.7 Å². The molecule has 21 nitrogen and oxygen atoms in total. The van der Waals surface area contributed by atoms with Crippen LogP contribution in [0.1, 0.15) is 92.7 Å². The number of methoxy groups -OCH3 is 2. The van der Waals surface area contributed by atoms with Crippen LogP contribution in [0.4, 0.5) is 0 Å². The topological polar surface area (TPSA) is 251 Å². The third-order valence-corrected chi connectivity index (χ3v) is 16.7. The van der Waals surface area contributed by atoms with Crippen LogP contribution in [0.15, 0.2) is 42.5 Å². The van der Waals surface area contributed by atoms with Gasteiger partial charge in [0.2, 0.25) is 5.91 Å². The molecular formula is C57H83N9O12. The van der Waals surface area contributed by atoms with Crippen LogP contribution in [0.3, 0.4) is 0 Å². The largest absolute Gasteiger partial charge is 0.496 e. The lowest BCUT2D eigenvalue weighted by molar-refractivity contribution is -0.163. The SMILES string of the molecule is COc1cccc(OC)c1-c1cc(C(=O)NC2(C(=O)O)C3CC4CC(C3)CC2C4)nn1-c1ccc(CCCCN(C)CCCN(C)C(=O)CN2CCN(CC(=O)O)CCN(CC(=O)O)CCN(CC(=O)O)CC2)cc1C(C)C. The van der Waals surface area contributed by atoms with Crippen LogP contribution in [-0.4, -0.2) is 227 Å². The molecule has 1 aliphatic heterocycles. The Bertz CT molecular complexity index is 2510. The van der Waals surface area contributed by atoms with Gasteiger partial charge in [-0.2, -0.15) is 5.10 Å². The number of carboxylic acids is 4. The van der Waals surface area contributed by atoms with E-state index in [9.17, 15) is 49.2 Å². The Labute approximate surface area is 458 Å². The van der Waals surface area contributed by atoms with E-state index in [4.69, 9.17) is 14.6 Å². The predicted molar refractivity (Wildman–Crippen MR) is 292 cm³/mol. The zero-order chi connectivity index (χ0) is 56.3. The second-order valence-corrected chi connectivity index (χ2v) is 22.6. The number of carbonyl (C=O) groups is 6. The van der Waals surface area contributed by atoms with Crippen LogP contribution < -0.4 is 14.8 Å². The molecule has 2 heterocycles. The van der Waals surface area contributed by atoms with E-state index in [2.05, 4.69) is 43.2 Å². The predicted octanol–water partition coefficient (Wildman–Crippen LogP) is 4.27. The van der Waals surface area contributed by atoms with Crippen molar-refractivity contribution in [2.75, 3.05) is 126 Å². The minimum absolute atomic E-state index is 0.0778. The van der Waals surface area contributed by atoms with E-state index < -0.39 is 35.3 Å². The number of carboxylic acid groups (broad SMARTS) is 4. The van der Waals surface area contributed by atoms with Crippen LogP contribution >= 0.6 is 0 Å². The summed E-state index contributed by atoms with van der Waals surface area (Å²) in [5.41, 5.74) is 2.96. The molecule has 1 saturated heterocycles. The zero-order valence-corrected chi connectivity index (χ0v) is 46.5. The van der Waals surface area contributed by atoms with Gasteiger partial charge in [0.15, 0.2) is 5.69 Å². The second kappa shape index (κ2) is 27.2. The molecule has 78 heavy (non-hydrogen) atoms. The molecule has 0 spiro atoms. The van der Waals surface area contributed by atoms with Crippen molar-refractivity contribution in [3.63, 3.8) is 0 Å². The highest BCUT2D eigenvalue weighted by Crippen LogP contribution is 2.58. The minimum atomic E-state index is -1.34. The van der Waals surface area contributed by atoms with Gasteiger partial charge in [0, 0.05) is 66.0 Å². The van der Waals surface area contributed by atoms with Gasteiger partial charge in [0.25, 0.3) is 5.91 Å². The number of benzene rings is 2. The van der Waals surface area contributed by atoms with Gasteiger partial charge in [-0.25, -0.2) is 9.48 Å². The highest BCUT2D eigenvalue weighted by molar-refractivity contribution is 5.98. The lowest BCUT2D eigenvalue weighted by atomic mass is 9.48. The normalized spacial score (nSPS) is 22.5. The number of aromatic nitrogens is 2. The van der Waals surface area contributed by atoms with Crippen molar-refractivity contribution in [1.29, 1.82) is 0 Å². The molecule has 1 aromatic heterocycles. The van der Waals surface area contributed by atoms with Crippen LogP contribution in [0.25, 0.3) is 16.9 Å². The number of ether oxygens (including phenoxy) is 2. The Morgan fingerprint density at radius 1 is 0.667 bits per heavy atom. The number of carbonyl (C=O) groups excluding carboxylic acids is 2. The van der Waals surface area contributed by atoms with Crippen molar-refractivity contribution in [2.45, 2.75) is 83.1 Å². The third-order valence-electron chi connectivity index (χ3n) is 16.7. The number of rotatable bonds is 25. The summed E-state index contributed by atoms with van der Waals surface area (Å²) in [7, 11) is 7.02. The average molecular weight is 1090 g/mol. The molecule has 21 heteroatoms. The monoisotopic (exact) mass is 1090 g/mol. The van der Waals surface area contributed by atoms with Gasteiger partial charge in [0.1, 0.15) is 17.0 Å². The summed E-state index contributed by atoms with van der Waals surface area (Å²) in [6.07, 6.45) is 7.88. The second-order valence-electron chi connectivity index (χ2n) is 22.6. The van der Waals surface area contributed by atoms with E-state index in [1.807, 2.05) is 29.2 Å². The molecule has 0 radical (unpaired) electrons. The molecule has 5 N–H and O–H groups in total. The van der Waals surface area contributed by atoms with Crippen molar-refractivity contribution in [2.24, 2.45) is 23.7 Å². The number of aryl methyl sites for hydroxylation is 1. The third kappa shape index (κ3) is 15.0. The number of unbranched alkanes of at least 4 members (excludes halogenated alkanes) is 1. The zero-order valence-electron chi connectivity index (χ0n) is 46.5. The van der Waals surface area contributed by atoms with E-state index >= 15 is 0 Å². The first-order chi connectivity index (χ1) is 37.3. The van der Waals surface area contributed by atoms with Gasteiger partial charge in [0.05, 0.1) is 57.3 Å². The van der Waals surface area contributed by atoms with Crippen molar-refractivity contribution in [3.8, 4) is 28.4 Å². The van der Waals surface area contributed by atoms with Gasteiger partial charge in [-0.05, 0) is 143 Å². The Morgan fingerprint density at radius 3 is 1.64 bits per heavy atom. The van der Waals surface area contributed by atoms with Crippen molar-refractivity contribution in [3.05, 3.63) is 59.3 Å². The number of amides is 2. The van der Waals surface area contributed by atoms with Gasteiger partial charge in [-0.3, -0.25) is 43.6 Å². The molecular weight excluding hydrogens is 1000 g/mol. The summed E-state index contributed by atoms with van der Waals surface area (Å²) in [5.74, 6) is -2.64. The first-order valence-corrected chi connectivity index (χ1v) is 27.8. The van der Waals surface area contributed by atoms with E-state index in [0.717, 1.165) is 82.1 Å². The molecule has 5 fully saturated rings. The molecule has 2 aromatic carbocycles. The first-order valence-electron chi connectivity index (χ1n) is 27.8. The van der Waals surface area contributed by atoms with E-state index in [-0.39, 0.29) is 55.5 Å². The summed E-state index contributed by atoms with van der Waals surface area (Å²) < 4.78 is 13.5. The highest BCUT2D eigenvalue weighted by atomic mass is 16.5. The first kappa shape index (κ1) is 59.5. The molecule has 0 unspecified atom stereocenters. The maximum atomic E-state index is 14.5. The van der Waals surface area contributed by atoms with Gasteiger partial charge >= 0.3 is 23.9 Å². The lowest BCUT2D eigenvalue weighted by Gasteiger charge is -2.59. The van der Waals surface area contributed by atoms with Crippen molar-refractivity contribution >= 4 is 35.7 Å². The average Bonchev–Trinajstić information content (AvgIpc) is 3.85. The standard InChI is InChI=1S/C57H83N9O12/c1-38(2)44-32-39(11-7-8-16-60(3)17-10-18-61(4)50(67)34-62-19-21-63(35-51(68)69)23-25-65(37-53(72)73)26-24-64(22-20-62)36-52(70)71)14-15-46(44)66-47(54-48(77-5)12-9-13-49(54)78-6)33-45(59-66)55(74)58-57(56(75)76)42-28-40-27-41(30-42)31-43(57)29-40/h9,12-15,32-33,38,40-43H,7-8,10-11,16-31,34-37H2,1-6H3,(H,58,74)(H,68,69)(H,70,71)(H,72,73)(H,75,76). The van der Waals surface area contributed by atoms with Gasteiger partial charge in [-0.15, -0.1) is 0 Å². The van der Waals surface area contributed by atoms with E-state index in [0.29, 0.717) is 93.5 Å². The Balaban J connectivity index is 0.954. The molecule has 3 aromatic rings. The Morgan fingerprint density at radius 2 is 1.17 bits per heavy atom. The number of nitrogens with one attached hydrogen (secondary N) is 1. The smallest absolute Gasteiger partial charge is 0.330 e. The van der Waals surface area contributed by atoms with E-state index in [1.54, 1.807) is 51.6 Å². The molecule has 2 amide bonds. The number of aliphatic carboxylic acids is 4. The fourth-order valence-corrected chi connectivity index (χ4v) is 12.8. The molecule has 5 aliphatic rings. The summed E-state index contributed by atoms with van der Waals surface area (Å²) in [4.78, 5) is 87.4. The van der Waals surface area contributed by atoms with Crippen LogP contribution in [0.2, 0.25) is 0 Å². The Kier molecular flexibility index (Phi) is 20.7. The maximum Gasteiger partial charge on any atom is 0.330 e. The van der Waals surface area contributed by atoms with Gasteiger partial charge in [-0.1, -0.05) is 32.0 Å². The molecule has 4 saturated carbocycles. The van der Waals surface area contributed by atoms with Crippen molar-refractivity contribution < 1.29 is 58.7 Å². The fraction of sp³-hybridized carbons (Fsp3) is 0.632. The number of nitrogens with zero attached hydrogens (tertiary/aromatic N) is 8. The molecule has 428 valence electrons. The van der Waals surface area contributed by atoms with Crippen LogP contribution in [-0.2, 0) is 30.4 Å². The van der Waals surface area contributed by atoms with E-state index in [1.165, 1.54) is 5.56 Å². The Hall–Kier alpha value is -6.13. The fourth-order valence-electron chi connectivity index (χ4n) is 12.8. The highest BCUT2D eigenvalue weighted by Gasteiger charge is 2.62. The quantitative estimate of drug-likeness (QED) is 0.0743. The number of hydrogen-bond acceptors (Lipinski definition) is 14. The molecule has 0 atom stereocenters. The molecule has 4 aliphatic carbocycles. The van der Waals surface area contributed by atoms with Crippen LogP contribution in [0.5, 0.6) is 11.5 Å².